The van der Waals surface area contributed by atoms with E-state index in [-0.39, 0.29) is 11.7 Å². The van der Waals surface area contributed by atoms with E-state index < -0.39 is 0 Å². The predicted octanol–water partition coefficient (Wildman–Crippen LogP) is 1.82. The maximum Gasteiger partial charge on any atom is 0.251 e. The molecule has 1 amide bonds. The largest absolute Gasteiger partial charge is 0.508 e. The highest BCUT2D eigenvalue weighted by atomic mass is 32.1. The first-order valence-electron chi connectivity index (χ1n) is 5.21. The molecule has 2 N–H and O–H groups in total. The summed E-state index contributed by atoms with van der Waals surface area (Å²) < 4.78 is 0. The normalized spacial score (nSPS) is 10.1. The van der Waals surface area contributed by atoms with E-state index in [9.17, 15) is 4.79 Å². The first-order chi connectivity index (χ1) is 8.25. The molecule has 0 radical (unpaired) electrons. The number of amides is 1. The van der Waals surface area contributed by atoms with Gasteiger partial charge in [-0.05, 0) is 24.3 Å². The first kappa shape index (κ1) is 11.6. The summed E-state index contributed by atoms with van der Waals surface area (Å²) in [7, 11) is 0. The van der Waals surface area contributed by atoms with Gasteiger partial charge in [-0.2, -0.15) is 0 Å². The van der Waals surface area contributed by atoms with Crippen LogP contribution in [-0.2, 0) is 6.42 Å². The Balaban J connectivity index is 1.83. The molecule has 0 atom stereocenters. The van der Waals surface area contributed by atoms with Crippen LogP contribution in [0.2, 0.25) is 0 Å². The van der Waals surface area contributed by atoms with Crippen LogP contribution in [0.4, 0.5) is 0 Å². The van der Waals surface area contributed by atoms with Gasteiger partial charge in [0.2, 0.25) is 0 Å². The van der Waals surface area contributed by atoms with Crippen molar-refractivity contribution in [2.24, 2.45) is 0 Å². The van der Waals surface area contributed by atoms with Crippen LogP contribution < -0.4 is 5.32 Å². The molecule has 0 saturated heterocycles. The Morgan fingerprint density at radius 2 is 2.12 bits per heavy atom. The van der Waals surface area contributed by atoms with Gasteiger partial charge in [-0.15, -0.1) is 11.3 Å². The second-order valence-electron chi connectivity index (χ2n) is 3.48. The number of phenols is 1. The SMILES string of the molecule is O=C(NCCc1nccs1)c1ccc(O)cc1. The number of carbonyl (C=O) groups excluding carboxylic acids is 1. The van der Waals surface area contributed by atoms with Crippen LogP contribution in [0.25, 0.3) is 0 Å². The summed E-state index contributed by atoms with van der Waals surface area (Å²) in [5.74, 6) is 0.0193. The van der Waals surface area contributed by atoms with Gasteiger partial charge in [0.1, 0.15) is 5.75 Å². The zero-order chi connectivity index (χ0) is 12.1. The highest BCUT2D eigenvalue weighted by Gasteiger charge is 2.04. The van der Waals surface area contributed by atoms with Crippen LogP contribution in [0.1, 0.15) is 15.4 Å². The smallest absolute Gasteiger partial charge is 0.251 e. The van der Waals surface area contributed by atoms with Crippen molar-refractivity contribution >= 4 is 17.2 Å². The quantitative estimate of drug-likeness (QED) is 0.867. The van der Waals surface area contributed by atoms with Gasteiger partial charge >= 0.3 is 0 Å². The fourth-order valence-corrected chi connectivity index (χ4v) is 1.99. The topological polar surface area (TPSA) is 62.2 Å². The van der Waals surface area contributed by atoms with Gasteiger partial charge in [0.05, 0.1) is 5.01 Å². The summed E-state index contributed by atoms with van der Waals surface area (Å²) in [6.45, 7) is 0.563. The summed E-state index contributed by atoms with van der Waals surface area (Å²) in [5.41, 5.74) is 0.543. The Morgan fingerprint density at radius 3 is 2.76 bits per heavy atom. The third-order valence-corrected chi connectivity index (χ3v) is 3.08. The van der Waals surface area contributed by atoms with E-state index in [1.54, 1.807) is 29.7 Å². The minimum atomic E-state index is -0.137. The summed E-state index contributed by atoms with van der Waals surface area (Å²) in [5, 5.41) is 14.8. The summed E-state index contributed by atoms with van der Waals surface area (Å²) in [6, 6.07) is 6.17. The molecule has 1 aromatic carbocycles. The molecule has 5 heteroatoms. The van der Waals surface area contributed by atoms with E-state index in [0.29, 0.717) is 12.1 Å². The van der Waals surface area contributed by atoms with Crippen LogP contribution in [0, 0.1) is 0 Å². The molecule has 0 spiro atoms. The maximum absolute atomic E-state index is 11.7. The minimum absolute atomic E-state index is 0.137. The fraction of sp³-hybridized carbons (Fsp3) is 0.167. The summed E-state index contributed by atoms with van der Waals surface area (Å²) in [4.78, 5) is 15.8. The molecule has 0 saturated carbocycles. The highest BCUT2D eigenvalue weighted by Crippen LogP contribution is 2.09. The predicted molar refractivity (Wildman–Crippen MR) is 66.3 cm³/mol. The molecule has 4 nitrogen and oxygen atoms in total. The van der Waals surface area contributed by atoms with E-state index in [4.69, 9.17) is 5.11 Å². The van der Waals surface area contributed by atoms with Gasteiger partial charge in [-0.1, -0.05) is 0 Å². The Morgan fingerprint density at radius 1 is 1.35 bits per heavy atom. The molecule has 0 fully saturated rings. The number of rotatable bonds is 4. The molecule has 0 aliphatic heterocycles. The lowest BCUT2D eigenvalue weighted by molar-refractivity contribution is 0.0954. The molecule has 1 heterocycles. The molecule has 0 bridgehead atoms. The van der Waals surface area contributed by atoms with Crippen molar-refractivity contribution in [2.45, 2.75) is 6.42 Å². The Bertz CT molecular complexity index is 480. The van der Waals surface area contributed by atoms with Crippen molar-refractivity contribution in [3.05, 3.63) is 46.4 Å². The minimum Gasteiger partial charge on any atom is -0.508 e. The monoisotopic (exact) mass is 248 g/mol. The molecule has 2 rings (SSSR count). The van der Waals surface area contributed by atoms with Crippen molar-refractivity contribution in [3.63, 3.8) is 0 Å². The van der Waals surface area contributed by atoms with Gasteiger partial charge in [-0.25, -0.2) is 4.98 Å². The number of carbonyl (C=O) groups is 1. The number of nitrogens with zero attached hydrogens (tertiary/aromatic N) is 1. The van der Waals surface area contributed by atoms with E-state index in [2.05, 4.69) is 10.3 Å². The number of aromatic hydroxyl groups is 1. The van der Waals surface area contributed by atoms with Crippen LogP contribution in [0.5, 0.6) is 5.75 Å². The molecular formula is C12H12N2O2S. The number of aromatic nitrogens is 1. The van der Waals surface area contributed by atoms with Gasteiger partial charge in [-0.3, -0.25) is 4.79 Å². The molecule has 1 aromatic heterocycles. The number of phenolic OH excluding ortho intramolecular Hbond substituents is 1. The van der Waals surface area contributed by atoms with Crippen LogP contribution >= 0.6 is 11.3 Å². The second kappa shape index (κ2) is 5.45. The fourth-order valence-electron chi connectivity index (χ4n) is 1.37. The number of benzene rings is 1. The van der Waals surface area contributed by atoms with E-state index >= 15 is 0 Å². The van der Waals surface area contributed by atoms with Crippen molar-refractivity contribution < 1.29 is 9.90 Å². The summed E-state index contributed by atoms with van der Waals surface area (Å²) >= 11 is 1.58. The zero-order valence-electron chi connectivity index (χ0n) is 9.09. The van der Waals surface area contributed by atoms with Crippen molar-refractivity contribution in [1.29, 1.82) is 0 Å². The second-order valence-corrected chi connectivity index (χ2v) is 4.46. The van der Waals surface area contributed by atoms with Crippen molar-refractivity contribution in [1.82, 2.24) is 10.3 Å². The van der Waals surface area contributed by atoms with Gasteiger partial charge < -0.3 is 10.4 Å². The average Bonchev–Trinajstić information content (AvgIpc) is 2.83. The third kappa shape index (κ3) is 3.29. The lowest BCUT2D eigenvalue weighted by Crippen LogP contribution is -2.25. The number of hydrogen-bond donors (Lipinski definition) is 2. The lowest BCUT2D eigenvalue weighted by atomic mass is 10.2. The lowest BCUT2D eigenvalue weighted by Gasteiger charge is -2.03. The molecule has 0 aliphatic rings. The van der Waals surface area contributed by atoms with Gasteiger partial charge in [0.15, 0.2) is 0 Å². The Kier molecular flexibility index (Phi) is 3.72. The van der Waals surface area contributed by atoms with Crippen molar-refractivity contribution in [2.75, 3.05) is 6.54 Å². The van der Waals surface area contributed by atoms with E-state index in [1.165, 1.54) is 12.1 Å². The molecule has 0 aliphatic carbocycles. The number of thiazole rings is 1. The van der Waals surface area contributed by atoms with Crippen molar-refractivity contribution in [3.8, 4) is 5.75 Å². The summed E-state index contributed by atoms with van der Waals surface area (Å²) in [6.07, 6.45) is 2.49. The number of hydrogen-bond acceptors (Lipinski definition) is 4. The van der Waals surface area contributed by atoms with Gasteiger partial charge in [0, 0.05) is 30.1 Å². The maximum atomic E-state index is 11.7. The Labute approximate surface area is 103 Å². The first-order valence-corrected chi connectivity index (χ1v) is 6.09. The van der Waals surface area contributed by atoms with Crippen LogP contribution in [0.15, 0.2) is 35.8 Å². The molecular weight excluding hydrogens is 236 g/mol. The third-order valence-electron chi connectivity index (χ3n) is 2.24. The molecule has 2 aromatic rings. The molecule has 17 heavy (non-hydrogen) atoms. The van der Waals surface area contributed by atoms with E-state index in [1.807, 2.05) is 5.38 Å². The van der Waals surface area contributed by atoms with E-state index in [0.717, 1.165) is 11.4 Å². The van der Waals surface area contributed by atoms with Crippen LogP contribution in [0.3, 0.4) is 0 Å². The average molecular weight is 248 g/mol. The van der Waals surface area contributed by atoms with Gasteiger partial charge in [0.25, 0.3) is 5.91 Å². The number of nitrogens with one attached hydrogen (secondary N) is 1. The molecule has 0 unspecified atom stereocenters. The Hall–Kier alpha value is -1.88. The van der Waals surface area contributed by atoms with Crippen LogP contribution in [-0.4, -0.2) is 22.5 Å². The molecule has 88 valence electrons. The highest BCUT2D eigenvalue weighted by molar-refractivity contribution is 7.09. The zero-order valence-corrected chi connectivity index (χ0v) is 9.91. The standard InChI is InChI=1S/C12H12N2O2S/c15-10-3-1-9(2-4-10)12(16)14-6-5-11-13-7-8-17-11/h1-4,7-8,15H,5-6H2,(H,14,16).